The van der Waals surface area contributed by atoms with Crippen molar-refractivity contribution in [1.29, 1.82) is 0 Å². The number of amides is 1. The summed E-state index contributed by atoms with van der Waals surface area (Å²) in [6, 6.07) is 1.77. The number of aliphatic hydroxyl groups is 1. The predicted octanol–water partition coefficient (Wildman–Crippen LogP) is 3.71. The molecule has 1 saturated heterocycles. The minimum atomic E-state index is -4.88. The maximum absolute atomic E-state index is 14.5. The van der Waals surface area contributed by atoms with Crippen molar-refractivity contribution in [2.75, 3.05) is 18.5 Å². The summed E-state index contributed by atoms with van der Waals surface area (Å²) < 4.78 is 85.2. The standard InChI is InChI=1S/C20H21F5N2O5/c1-9-14(11-4-5-12(21)15(22)16(11)30-7-6-28)17(32-19(9,3)20(23,24)25)18(29)26-13-8-31-27-10(13)2/h4-5,8-9,14,17,28H,6-7H2,1-3H3,(H,26,29)/t9-,14-,17+,19+/m0/s1. The van der Waals surface area contributed by atoms with Crippen LogP contribution in [-0.2, 0) is 9.53 Å². The lowest BCUT2D eigenvalue weighted by Crippen LogP contribution is -2.47. The molecule has 7 nitrogen and oxygen atoms in total. The van der Waals surface area contributed by atoms with Gasteiger partial charge in [0.25, 0.3) is 5.91 Å². The SMILES string of the molecule is Cc1nocc1NC(=O)[C@@H]1O[C@@](C)(C(F)(F)F)[C@@H](C)[C@H]1c1ccc(F)c(F)c1OCCO. The summed E-state index contributed by atoms with van der Waals surface area (Å²) in [5.74, 6) is -7.16. The van der Waals surface area contributed by atoms with Gasteiger partial charge in [0, 0.05) is 17.4 Å². The molecule has 3 rings (SSSR count). The largest absolute Gasteiger partial charge is 0.488 e. The van der Waals surface area contributed by atoms with Crippen LogP contribution in [-0.4, -0.2) is 47.3 Å². The molecule has 1 aromatic carbocycles. The number of aryl methyl sites for hydroxylation is 1. The van der Waals surface area contributed by atoms with Crippen molar-refractivity contribution < 1.29 is 45.8 Å². The van der Waals surface area contributed by atoms with E-state index in [9.17, 15) is 26.7 Å². The number of hydrogen-bond donors (Lipinski definition) is 2. The Kier molecular flexibility index (Phi) is 6.47. The molecule has 1 aliphatic heterocycles. The summed E-state index contributed by atoms with van der Waals surface area (Å²) in [5, 5.41) is 15.0. The zero-order valence-electron chi connectivity index (χ0n) is 17.3. The molecule has 0 radical (unpaired) electrons. The predicted molar refractivity (Wildman–Crippen MR) is 100 cm³/mol. The van der Waals surface area contributed by atoms with Gasteiger partial charge in [0.1, 0.15) is 30.4 Å². The molecule has 0 saturated carbocycles. The number of carbonyl (C=O) groups is 1. The first-order valence-electron chi connectivity index (χ1n) is 9.60. The van der Waals surface area contributed by atoms with Gasteiger partial charge in [-0.2, -0.15) is 17.6 Å². The van der Waals surface area contributed by atoms with E-state index >= 15 is 0 Å². The second kappa shape index (κ2) is 8.66. The number of rotatable bonds is 6. The Bertz CT molecular complexity index is 995. The van der Waals surface area contributed by atoms with Crippen LogP contribution in [0.1, 0.15) is 31.0 Å². The molecule has 0 spiro atoms. The molecule has 2 N–H and O–H groups in total. The van der Waals surface area contributed by atoms with Crippen molar-refractivity contribution in [3.8, 4) is 5.75 Å². The Labute approximate surface area is 179 Å². The molecule has 1 amide bonds. The maximum atomic E-state index is 14.5. The van der Waals surface area contributed by atoms with E-state index in [0.717, 1.165) is 25.3 Å². The lowest BCUT2D eigenvalue weighted by Gasteiger charge is -2.32. The highest BCUT2D eigenvalue weighted by molar-refractivity contribution is 5.95. The van der Waals surface area contributed by atoms with Crippen LogP contribution in [0.25, 0.3) is 0 Å². The topological polar surface area (TPSA) is 93.8 Å². The second-order valence-corrected chi connectivity index (χ2v) is 7.61. The fourth-order valence-electron chi connectivity index (χ4n) is 3.74. The van der Waals surface area contributed by atoms with Crippen LogP contribution < -0.4 is 10.1 Å². The number of aromatic nitrogens is 1. The van der Waals surface area contributed by atoms with E-state index < -0.39 is 66.2 Å². The highest BCUT2D eigenvalue weighted by atomic mass is 19.4. The summed E-state index contributed by atoms with van der Waals surface area (Å²) in [4.78, 5) is 13.0. The fourth-order valence-corrected chi connectivity index (χ4v) is 3.74. The van der Waals surface area contributed by atoms with Crippen LogP contribution in [0.4, 0.5) is 27.6 Å². The van der Waals surface area contributed by atoms with E-state index in [0.29, 0.717) is 0 Å². The van der Waals surface area contributed by atoms with Crippen LogP contribution in [0.5, 0.6) is 5.75 Å². The van der Waals surface area contributed by atoms with Gasteiger partial charge < -0.3 is 24.4 Å². The summed E-state index contributed by atoms with van der Waals surface area (Å²) >= 11 is 0. The van der Waals surface area contributed by atoms with Crippen LogP contribution in [0.2, 0.25) is 0 Å². The Morgan fingerprint density at radius 3 is 2.59 bits per heavy atom. The lowest BCUT2D eigenvalue weighted by molar-refractivity contribution is -0.272. The summed E-state index contributed by atoms with van der Waals surface area (Å²) in [6.07, 6.45) is -5.53. The van der Waals surface area contributed by atoms with Crippen molar-refractivity contribution in [2.24, 2.45) is 5.92 Å². The summed E-state index contributed by atoms with van der Waals surface area (Å²) in [7, 11) is 0. The smallest absolute Gasteiger partial charge is 0.417 e. The third-order valence-electron chi connectivity index (χ3n) is 5.71. The highest BCUT2D eigenvalue weighted by Crippen LogP contribution is 2.55. The van der Waals surface area contributed by atoms with Crippen molar-refractivity contribution in [2.45, 2.75) is 44.6 Å². The third kappa shape index (κ3) is 4.04. The molecule has 176 valence electrons. The Balaban J connectivity index is 2.10. The minimum Gasteiger partial charge on any atom is -0.488 e. The van der Waals surface area contributed by atoms with Crippen molar-refractivity contribution >= 4 is 11.6 Å². The molecule has 0 bridgehead atoms. The van der Waals surface area contributed by atoms with Crippen molar-refractivity contribution in [1.82, 2.24) is 5.16 Å². The number of hydrogen-bond acceptors (Lipinski definition) is 6. The second-order valence-electron chi connectivity index (χ2n) is 7.61. The van der Waals surface area contributed by atoms with E-state index in [1.54, 1.807) is 0 Å². The quantitative estimate of drug-likeness (QED) is 0.634. The zero-order valence-corrected chi connectivity index (χ0v) is 17.3. The molecule has 12 heteroatoms. The maximum Gasteiger partial charge on any atom is 0.417 e. The van der Waals surface area contributed by atoms with Gasteiger partial charge in [0.2, 0.25) is 5.82 Å². The van der Waals surface area contributed by atoms with Gasteiger partial charge in [-0.3, -0.25) is 4.79 Å². The number of nitrogens with one attached hydrogen (secondary N) is 1. The minimum absolute atomic E-state index is 0.118. The van der Waals surface area contributed by atoms with Gasteiger partial charge in [-0.1, -0.05) is 18.1 Å². The van der Waals surface area contributed by atoms with Crippen LogP contribution in [0.3, 0.4) is 0 Å². The molecule has 4 atom stereocenters. The van der Waals surface area contributed by atoms with Gasteiger partial charge in [-0.15, -0.1) is 0 Å². The third-order valence-corrected chi connectivity index (χ3v) is 5.71. The molecular formula is C20H21F5N2O5. The monoisotopic (exact) mass is 464 g/mol. The van der Waals surface area contributed by atoms with E-state index in [4.69, 9.17) is 19.1 Å². The number of anilines is 1. The number of halogens is 5. The molecule has 1 aromatic heterocycles. The first-order chi connectivity index (χ1) is 14.9. The molecule has 0 aliphatic carbocycles. The van der Waals surface area contributed by atoms with Crippen molar-refractivity contribution in [3.63, 3.8) is 0 Å². The van der Waals surface area contributed by atoms with E-state index in [1.807, 2.05) is 0 Å². The number of nitrogens with zero attached hydrogens (tertiary/aromatic N) is 1. The van der Waals surface area contributed by atoms with Crippen LogP contribution in [0, 0.1) is 24.5 Å². The van der Waals surface area contributed by atoms with Gasteiger partial charge >= 0.3 is 6.18 Å². The van der Waals surface area contributed by atoms with Gasteiger partial charge in [-0.25, -0.2) is 4.39 Å². The number of benzene rings is 1. The van der Waals surface area contributed by atoms with E-state index in [1.165, 1.54) is 13.8 Å². The lowest BCUT2D eigenvalue weighted by atomic mass is 9.77. The Hall–Kier alpha value is -2.73. The normalized spacial score (nSPS) is 25.7. The molecule has 32 heavy (non-hydrogen) atoms. The van der Waals surface area contributed by atoms with Gasteiger partial charge in [-0.05, 0) is 19.9 Å². The molecule has 2 heterocycles. The van der Waals surface area contributed by atoms with E-state index in [2.05, 4.69) is 10.5 Å². The average Bonchev–Trinajstić information content (AvgIpc) is 3.24. The summed E-state index contributed by atoms with van der Waals surface area (Å²) in [6.45, 7) is 2.50. The number of ether oxygens (including phenoxy) is 2. The van der Waals surface area contributed by atoms with Crippen LogP contribution >= 0.6 is 0 Å². The highest BCUT2D eigenvalue weighted by Gasteiger charge is 2.66. The molecule has 0 unspecified atom stereocenters. The average molecular weight is 464 g/mol. The van der Waals surface area contributed by atoms with E-state index in [-0.39, 0.29) is 16.9 Å². The number of aliphatic hydroxyl groups excluding tert-OH is 1. The van der Waals surface area contributed by atoms with Gasteiger partial charge in [0.15, 0.2) is 17.2 Å². The molecular weight excluding hydrogens is 443 g/mol. The molecule has 1 aliphatic rings. The Morgan fingerprint density at radius 1 is 1.34 bits per heavy atom. The molecule has 2 aromatic rings. The van der Waals surface area contributed by atoms with Crippen LogP contribution in [0.15, 0.2) is 22.9 Å². The van der Waals surface area contributed by atoms with Gasteiger partial charge in [0.05, 0.1) is 6.61 Å². The van der Waals surface area contributed by atoms with Crippen molar-refractivity contribution in [3.05, 3.63) is 41.3 Å². The zero-order chi connectivity index (χ0) is 23.8. The fraction of sp³-hybridized carbons (Fsp3) is 0.500. The first kappa shape index (κ1) is 23.9. The molecule has 1 fully saturated rings. The first-order valence-corrected chi connectivity index (χ1v) is 9.60. The number of alkyl halides is 3. The summed E-state index contributed by atoms with van der Waals surface area (Å²) in [5.41, 5.74) is -2.57. The number of carbonyl (C=O) groups excluding carboxylic acids is 1. The Morgan fingerprint density at radius 2 is 2.03 bits per heavy atom.